The number of aliphatic carboxylic acids is 1. The number of carboxylic acid groups (broad SMARTS) is 1. The molecule has 0 spiro atoms. The Kier molecular flexibility index (Phi) is 5.48. The summed E-state index contributed by atoms with van der Waals surface area (Å²) in [5, 5.41) is 9.47. The van der Waals surface area contributed by atoms with Gasteiger partial charge in [0.1, 0.15) is 5.75 Å². The summed E-state index contributed by atoms with van der Waals surface area (Å²) in [5.41, 5.74) is 1.72. The van der Waals surface area contributed by atoms with E-state index in [1.165, 1.54) is 7.11 Å². The van der Waals surface area contributed by atoms with Crippen molar-refractivity contribution in [3.63, 3.8) is 0 Å². The Morgan fingerprint density at radius 2 is 2.00 bits per heavy atom. The number of halogens is 1. The maximum Gasteiger partial charge on any atom is 0.306 e. The number of hydrogen-bond donors (Lipinski definition) is 1. The lowest BCUT2D eigenvalue weighted by Gasteiger charge is -2.21. The molecule has 0 aliphatic heterocycles. The van der Waals surface area contributed by atoms with Crippen LogP contribution in [0, 0.1) is 23.6 Å². The molecule has 154 valence electrons. The minimum Gasteiger partial charge on any atom is -0.494 e. The Morgan fingerprint density at radius 3 is 2.69 bits per heavy atom. The fourth-order valence-electron chi connectivity index (χ4n) is 4.38. The van der Waals surface area contributed by atoms with Crippen molar-refractivity contribution in [2.75, 3.05) is 13.7 Å². The summed E-state index contributed by atoms with van der Waals surface area (Å²) in [5.74, 6) is 0.478. The lowest BCUT2D eigenvalue weighted by Crippen LogP contribution is -2.20. The molecule has 2 aromatic carbocycles. The van der Waals surface area contributed by atoms with Crippen molar-refractivity contribution in [3.8, 4) is 11.5 Å². The molecule has 0 amide bonds. The largest absolute Gasteiger partial charge is 0.494 e. The summed E-state index contributed by atoms with van der Waals surface area (Å²) in [4.78, 5) is 11.5. The first-order chi connectivity index (χ1) is 14.0. The molecule has 29 heavy (non-hydrogen) atoms. The van der Waals surface area contributed by atoms with Crippen LogP contribution in [0.4, 0.5) is 4.39 Å². The third-order valence-corrected chi connectivity index (χ3v) is 6.30. The highest BCUT2D eigenvalue weighted by atomic mass is 19.1. The van der Waals surface area contributed by atoms with Crippen LogP contribution in [0.2, 0.25) is 0 Å². The summed E-state index contributed by atoms with van der Waals surface area (Å²) in [7, 11) is 1.47. The van der Waals surface area contributed by atoms with E-state index in [-0.39, 0.29) is 29.3 Å². The third kappa shape index (κ3) is 4.24. The van der Waals surface area contributed by atoms with Gasteiger partial charge in [0.25, 0.3) is 0 Å². The molecule has 2 aliphatic carbocycles. The monoisotopic (exact) mass is 398 g/mol. The van der Waals surface area contributed by atoms with E-state index < -0.39 is 11.9 Å². The van der Waals surface area contributed by atoms with Gasteiger partial charge in [0.05, 0.1) is 19.6 Å². The first-order valence-corrected chi connectivity index (χ1v) is 10.3. The van der Waals surface area contributed by atoms with Crippen molar-refractivity contribution in [1.29, 1.82) is 0 Å². The van der Waals surface area contributed by atoms with Crippen molar-refractivity contribution >= 4 is 5.97 Å². The van der Waals surface area contributed by atoms with Crippen LogP contribution < -0.4 is 9.47 Å². The molecule has 0 heterocycles. The van der Waals surface area contributed by atoms with Crippen LogP contribution in [-0.4, -0.2) is 24.8 Å². The van der Waals surface area contributed by atoms with Gasteiger partial charge in [0, 0.05) is 5.92 Å². The zero-order chi connectivity index (χ0) is 20.5. The lowest BCUT2D eigenvalue weighted by molar-refractivity contribution is -0.142. The molecule has 0 saturated heterocycles. The van der Waals surface area contributed by atoms with Gasteiger partial charge < -0.3 is 14.6 Å². The van der Waals surface area contributed by atoms with Gasteiger partial charge in [0.15, 0.2) is 11.6 Å². The molecule has 4 rings (SSSR count). The fourth-order valence-corrected chi connectivity index (χ4v) is 4.38. The van der Waals surface area contributed by atoms with Crippen molar-refractivity contribution in [2.45, 2.75) is 38.0 Å². The molecule has 4 nitrogen and oxygen atoms in total. The summed E-state index contributed by atoms with van der Waals surface area (Å²) < 4.78 is 25.5. The van der Waals surface area contributed by atoms with Gasteiger partial charge >= 0.3 is 5.97 Å². The zero-order valence-electron chi connectivity index (χ0n) is 16.8. The van der Waals surface area contributed by atoms with E-state index in [9.17, 15) is 14.3 Å². The van der Waals surface area contributed by atoms with Crippen molar-refractivity contribution < 1.29 is 23.8 Å². The second-order valence-corrected chi connectivity index (χ2v) is 8.34. The molecule has 2 aromatic rings. The Labute approximate surface area is 170 Å². The standard InChI is InChI=1S/C24H27FO4/c1-14(24(26)27)22(15-9-10-15)16-5-3-6-18(11-16)29-13-17-12-20(17)19-7-4-8-21(28-2)23(19)25/h3-8,11,14-15,17,20,22H,9-10,12-13H2,1-2H3,(H,26,27)/t14-,17+,20-,22?/m0/s1. The second kappa shape index (κ2) is 8.05. The Hall–Kier alpha value is -2.56. The maximum atomic E-state index is 14.5. The van der Waals surface area contributed by atoms with Crippen LogP contribution in [0.15, 0.2) is 42.5 Å². The summed E-state index contributed by atoms with van der Waals surface area (Å²) in [6.07, 6.45) is 3.07. The highest BCUT2D eigenvalue weighted by molar-refractivity contribution is 5.71. The second-order valence-electron chi connectivity index (χ2n) is 8.34. The highest BCUT2D eigenvalue weighted by Crippen LogP contribution is 2.50. The van der Waals surface area contributed by atoms with Crippen LogP contribution in [-0.2, 0) is 4.79 Å². The van der Waals surface area contributed by atoms with E-state index in [1.54, 1.807) is 13.0 Å². The summed E-state index contributed by atoms with van der Waals surface area (Å²) in [6.45, 7) is 2.31. The number of rotatable bonds is 9. The number of ether oxygens (including phenoxy) is 2. The lowest BCUT2D eigenvalue weighted by atomic mass is 9.83. The van der Waals surface area contributed by atoms with Gasteiger partial charge in [-0.25, -0.2) is 4.39 Å². The predicted octanol–water partition coefficient (Wildman–Crippen LogP) is 5.23. The molecule has 2 saturated carbocycles. The number of benzene rings is 2. The van der Waals surface area contributed by atoms with E-state index >= 15 is 0 Å². The normalized spacial score (nSPS) is 22.6. The van der Waals surface area contributed by atoms with Crippen LogP contribution >= 0.6 is 0 Å². The number of carboxylic acids is 1. The average molecular weight is 398 g/mol. The molecule has 1 unspecified atom stereocenters. The van der Waals surface area contributed by atoms with E-state index in [0.29, 0.717) is 18.1 Å². The van der Waals surface area contributed by atoms with Crippen LogP contribution in [0.1, 0.15) is 49.1 Å². The number of hydrogen-bond acceptors (Lipinski definition) is 3. The molecule has 0 bridgehead atoms. The van der Waals surface area contributed by atoms with Crippen LogP contribution in [0.25, 0.3) is 0 Å². The average Bonchev–Trinajstić information content (AvgIpc) is 3.63. The van der Waals surface area contributed by atoms with Crippen LogP contribution in [0.3, 0.4) is 0 Å². The molecular weight excluding hydrogens is 371 g/mol. The van der Waals surface area contributed by atoms with E-state index in [0.717, 1.165) is 30.6 Å². The molecule has 0 aromatic heterocycles. The molecule has 5 heteroatoms. The van der Waals surface area contributed by atoms with Gasteiger partial charge in [0.2, 0.25) is 0 Å². The first kappa shape index (κ1) is 19.7. The SMILES string of the molecule is COc1cccc([C@H]2C[C@@H]2COc2cccc(C(C3CC3)[C@H](C)C(=O)O)c2)c1F. The van der Waals surface area contributed by atoms with E-state index in [4.69, 9.17) is 9.47 Å². The first-order valence-electron chi connectivity index (χ1n) is 10.3. The van der Waals surface area contributed by atoms with E-state index in [2.05, 4.69) is 0 Å². The van der Waals surface area contributed by atoms with Crippen molar-refractivity contribution in [1.82, 2.24) is 0 Å². The van der Waals surface area contributed by atoms with Crippen LogP contribution in [0.5, 0.6) is 11.5 Å². The Balaban J connectivity index is 1.40. The smallest absolute Gasteiger partial charge is 0.306 e. The van der Waals surface area contributed by atoms with E-state index in [1.807, 2.05) is 36.4 Å². The number of carbonyl (C=O) groups is 1. The maximum absolute atomic E-state index is 14.5. The molecular formula is C24H27FO4. The summed E-state index contributed by atoms with van der Waals surface area (Å²) in [6, 6.07) is 13.1. The minimum absolute atomic E-state index is 0.0237. The fraction of sp³-hybridized carbons (Fsp3) is 0.458. The van der Waals surface area contributed by atoms with Crippen molar-refractivity contribution in [3.05, 3.63) is 59.4 Å². The summed E-state index contributed by atoms with van der Waals surface area (Å²) >= 11 is 0. The molecule has 4 atom stereocenters. The van der Waals surface area contributed by atoms with Crippen molar-refractivity contribution in [2.24, 2.45) is 17.8 Å². The van der Waals surface area contributed by atoms with Gasteiger partial charge in [-0.05, 0) is 66.3 Å². The quantitative estimate of drug-likeness (QED) is 0.628. The van der Waals surface area contributed by atoms with Gasteiger partial charge in [-0.1, -0.05) is 31.2 Å². The Morgan fingerprint density at radius 1 is 1.24 bits per heavy atom. The third-order valence-electron chi connectivity index (χ3n) is 6.30. The Bertz CT molecular complexity index is 892. The van der Waals surface area contributed by atoms with Gasteiger partial charge in [-0.15, -0.1) is 0 Å². The minimum atomic E-state index is -0.755. The molecule has 2 fully saturated rings. The number of methoxy groups -OCH3 is 1. The molecule has 2 aliphatic rings. The molecule has 0 radical (unpaired) electrons. The van der Waals surface area contributed by atoms with Gasteiger partial charge in [-0.2, -0.15) is 0 Å². The highest BCUT2D eigenvalue weighted by Gasteiger charge is 2.41. The molecule has 1 N–H and O–H groups in total. The zero-order valence-corrected chi connectivity index (χ0v) is 16.8. The predicted molar refractivity (Wildman–Crippen MR) is 108 cm³/mol. The van der Waals surface area contributed by atoms with Gasteiger partial charge in [-0.3, -0.25) is 4.79 Å². The topological polar surface area (TPSA) is 55.8 Å².